The lowest BCUT2D eigenvalue weighted by molar-refractivity contribution is 0.157. The first kappa shape index (κ1) is 24.2. The number of piperazine rings is 1. The van der Waals surface area contributed by atoms with E-state index in [-0.39, 0.29) is 24.0 Å². The Kier molecular flexibility index (Phi) is 10.5. The first-order chi connectivity index (χ1) is 13.7. The van der Waals surface area contributed by atoms with E-state index in [9.17, 15) is 0 Å². The van der Waals surface area contributed by atoms with Gasteiger partial charge in [0.1, 0.15) is 0 Å². The minimum Gasteiger partial charge on any atom is -0.384 e. The summed E-state index contributed by atoms with van der Waals surface area (Å²) in [6.45, 7) is 13.5. The van der Waals surface area contributed by atoms with E-state index in [0.29, 0.717) is 12.0 Å². The summed E-state index contributed by atoms with van der Waals surface area (Å²) in [6.07, 6.45) is 1.19. The molecule has 3 rings (SSSR count). The quantitative estimate of drug-likeness (QED) is 0.344. The highest BCUT2D eigenvalue weighted by molar-refractivity contribution is 14.0. The van der Waals surface area contributed by atoms with Crippen molar-refractivity contribution in [1.29, 1.82) is 0 Å². The van der Waals surface area contributed by atoms with Gasteiger partial charge in [0.05, 0.1) is 13.2 Å². The van der Waals surface area contributed by atoms with E-state index in [4.69, 9.17) is 9.73 Å². The monoisotopic (exact) mass is 515 g/mol. The van der Waals surface area contributed by atoms with Crippen molar-refractivity contribution in [2.24, 2.45) is 10.9 Å². The molecule has 6 nitrogen and oxygen atoms in total. The summed E-state index contributed by atoms with van der Waals surface area (Å²) in [5.41, 5.74) is 1.34. The SMILES string of the molecule is CCNC(=NCC(C)N1CCN(c2ccccc2)CC1)N1CCC(COC)C1.I. The number of anilines is 1. The summed E-state index contributed by atoms with van der Waals surface area (Å²) in [4.78, 5) is 12.4. The fraction of sp³-hybridized carbons (Fsp3) is 0.682. The molecule has 1 aromatic rings. The van der Waals surface area contributed by atoms with Crippen LogP contribution >= 0.6 is 24.0 Å². The van der Waals surface area contributed by atoms with E-state index in [1.165, 1.54) is 12.1 Å². The molecule has 0 spiro atoms. The molecule has 2 fully saturated rings. The number of hydrogen-bond donors (Lipinski definition) is 1. The van der Waals surface area contributed by atoms with Gasteiger partial charge in [-0.05, 0) is 32.4 Å². The molecule has 2 unspecified atom stereocenters. The molecule has 29 heavy (non-hydrogen) atoms. The lowest BCUT2D eigenvalue weighted by atomic mass is 10.1. The van der Waals surface area contributed by atoms with Crippen molar-refractivity contribution in [2.75, 3.05) is 71.0 Å². The molecule has 2 heterocycles. The fourth-order valence-electron chi connectivity index (χ4n) is 4.22. The number of ether oxygens (including phenoxy) is 1. The molecule has 1 aromatic carbocycles. The Labute approximate surface area is 193 Å². The van der Waals surface area contributed by atoms with Crippen LogP contribution in [-0.2, 0) is 4.74 Å². The van der Waals surface area contributed by atoms with Gasteiger partial charge in [0, 0.05) is 70.6 Å². The lowest BCUT2D eigenvalue weighted by Gasteiger charge is -2.38. The van der Waals surface area contributed by atoms with Gasteiger partial charge in [0.25, 0.3) is 0 Å². The van der Waals surface area contributed by atoms with E-state index in [2.05, 4.69) is 64.2 Å². The Morgan fingerprint density at radius 1 is 1.17 bits per heavy atom. The molecule has 0 aliphatic carbocycles. The molecule has 0 saturated carbocycles. The van der Waals surface area contributed by atoms with Crippen LogP contribution in [0.2, 0.25) is 0 Å². The summed E-state index contributed by atoms with van der Waals surface area (Å²) in [5.74, 6) is 1.69. The maximum Gasteiger partial charge on any atom is 0.193 e. The van der Waals surface area contributed by atoms with Crippen LogP contribution in [0.15, 0.2) is 35.3 Å². The Morgan fingerprint density at radius 3 is 2.55 bits per heavy atom. The molecule has 0 aromatic heterocycles. The zero-order chi connectivity index (χ0) is 19.8. The Hall–Kier alpha value is -1.06. The number of methoxy groups -OCH3 is 1. The van der Waals surface area contributed by atoms with Crippen LogP contribution < -0.4 is 10.2 Å². The van der Waals surface area contributed by atoms with Gasteiger partial charge in [-0.2, -0.15) is 0 Å². The van der Waals surface area contributed by atoms with E-state index in [0.717, 1.165) is 64.9 Å². The molecule has 0 amide bonds. The first-order valence-corrected chi connectivity index (χ1v) is 10.8. The van der Waals surface area contributed by atoms with Gasteiger partial charge in [0.2, 0.25) is 0 Å². The van der Waals surface area contributed by atoms with Gasteiger partial charge in [-0.1, -0.05) is 18.2 Å². The zero-order valence-electron chi connectivity index (χ0n) is 18.2. The number of nitrogens with one attached hydrogen (secondary N) is 1. The van der Waals surface area contributed by atoms with Gasteiger partial charge in [0.15, 0.2) is 5.96 Å². The molecule has 2 saturated heterocycles. The summed E-state index contributed by atoms with van der Waals surface area (Å²) in [6, 6.07) is 11.2. The average Bonchev–Trinajstić information content (AvgIpc) is 3.20. The van der Waals surface area contributed by atoms with Gasteiger partial charge in [-0.25, -0.2) is 0 Å². The lowest BCUT2D eigenvalue weighted by Crippen LogP contribution is -2.50. The van der Waals surface area contributed by atoms with Crippen molar-refractivity contribution in [3.63, 3.8) is 0 Å². The zero-order valence-corrected chi connectivity index (χ0v) is 20.5. The van der Waals surface area contributed by atoms with E-state index in [1.807, 2.05) is 0 Å². The molecule has 0 radical (unpaired) electrons. The normalized spacial score (nSPS) is 21.8. The van der Waals surface area contributed by atoms with Crippen molar-refractivity contribution in [3.05, 3.63) is 30.3 Å². The second-order valence-electron chi connectivity index (χ2n) is 7.96. The van der Waals surface area contributed by atoms with Crippen LogP contribution in [0.3, 0.4) is 0 Å². The summed E-state index contributed by atoms with van der Waals surface area (Å²) < 4.78 is 5.33. The van der Waals surface area contributed by atoms with E-state index >= 15 is 0 Å². The van der Waals surface area contributed by atoms with Gasteiger partial charge in [-0.15, -0.1) is 24.0 Å². The predicted molar refractivity (Wildman–Crippen MR) is 133 cm³/mol. The van der Waals surface area contributed by atoms with Crippen LogP contribution in [0.5, 0.6) is 0 Å². The number of halogens is 1. The van der Waals surface area contributed by atoms with Crippen LogP contribution in [0, 0.1) is 5.92 Å². The van der Waals surface area contributed by atoms with Crippen molar-refractivity contribution in [1.82, 2.24) is 15.1 Å². The fourth-order valence-corrected chi connectivity index (χ4v) is 4.22. The molecule has 1 N–H and O–H groups in total. The number of benzene rings is 1. The Morgan fingerprint density at radius 2 is 1.90 bits per heavy atom. The van der Waals surface area contributed by atoms with E-state index < -0.39 is 0 Å². The maximum absolute atomic E-state index is 5.33. The van der Waals surface area contributed by atoms with Gasteiger partial charge in [-0.3, -0.25) is 9.89 Å². The number of para-hydroxylation sites is 1. The standard InChI is InChI=1S/C22H37N5O.HI/c1-4-23-22(27-11-10-20(17-27)18-28-3)24-16-19(2)25-12-14-26(15-13-25)21-8-6-5-7-9-21;/h5-9,19-20H,4,10-18H2,1-3H3,(H,23,24);1H. The molecule has 2 aliphatic heterocycles. The highest BCUT2D eigenvalue weighted by Gasteiger charge is 2.25. The largest absolute Gasteiger partial charge is 0.384 e. The van der Waals surface area contributed by atoms with Crippen LogP contribution in [0.4, 0.5) is 5.69 Å². The number of guanidine groups is 1. The number of likely N-dealkylation sites (tertiary alicyclic amines) is 1. The minimum atomic E-state index is 0. The highest BCUT2D eigenvalue weighted by atomic mass is 127. The molecule has 2 aliphatic rings. The third-order valence-corrected chi connectivity index (χ3v) is 5.89. The molecular weight excluding hydrogens is 477 g/mol. The average molecular weight is 515 g/mol. The first-order valence-electron chi connectivity index (χ1n) is 10.8. The highest BCUT2D eigenvalue weighted by Crippen LogP contribution is 2.18. The minimum absolute atomic E-state index is 0. The Bertz CT molecular complexity index is 606. The van der Waals surface area contributed by atoms with Crippen LogP contribution in [0.25, 0.3) is 0 Å². The predicted octanol–water partition coefficient (Wildman–Crippen LogP) is 2.75. The van der Waals surface area contributed by atoms with Crippen LogP contribution in [0.1, 0.15) is 20.3 Å². The van der Waals surface area contributed by atoms with Gasteiger partial charge >= 0.3 is 0 Å². The smallest absolute Gasteiger partial charge is 0.193 e. The second kappa shape index (κ2) is 12.6. The molecule has 0 bridgehead atoms. The van der Waals surface area contributed by atoms with E-state index in [1.54, 1.807) is 7.11 Å². The number of aliphatic imine (C=N–C) groups is 1. The third-order valence-electron chi connectivity index (χ3n) is 5.89. The van der Waals surface area contributed by atoms with Crippen molar-refractivity contribution >= 4 is 35.6 Å². The van der Waals surface area contributed by atoms with Crippen molar-refractivity contribution in [3.8, 4) is 0 Å². The van der Waals surface area contributed by atoms with Gasteiger partial charge < -0.3 is 19.9 Å². The molecule has 164 valence electrons. The number of rotatable bonds is 7. The van der Waals surface area contributed by atoms with Crippen LogP contribution in [-0.4, -0.2) is 87.9 Å². The number of nitrogens with zero attached hydrogens (tertiary/aromatic N) is 4. The summed E-state index contributed by atoms with van der Waals surface area (Å²) in [7, 11) is 1.79. The maximum atomic E-state index is 5.33. The molecule has 2 atom stereocenters. The third kappa shape index (κ3) is 7.00. The topological polar surface area (TPSA) is 43.3 Å². The van der Waals surface area contributed by atoms with Crippen molar-refractivity contribution in [2.45, 2.75) is 26.3 Å². The molecular formula is C22H38IN5O. The Balaban J connectivity index is 0.00000300. The van der Waals surface area contributed by atoms with Crippen molar-refractivity contribution < 1.29 is 4.74 Å². The molecule has 7 heteroatoms. The summed E-state index contributed by atoms with van der Waals surface area (Å²) in [5, 5.41) is 3.48. The number of hydrogen-bond acceptors (Lipinski definition) is 4. The summed E-state index contributed by atoms with van der Waals surface area (Å²) >= 11 is 0. The second-order valence-corrected chi connectivity index (χ2v) is 7.96.